The van der Waals surface area contributed by atoms with Gasteiger partial charge < -0.3 is 10.1 Å². The molecule has 1 N–H and O–H groups in total. The van der Waals surface area contributed by atoms with Crippen LogP contribution < -0.4 is 5.32 Å². The Morgan fingerprint density at radius 2 is 2.20 bits per heavy atom. The summed E-state index contributed by atoms with van der Waals surface area (Å²) < 4.78 is 17.7. The van der Waals surface area contributed by atoms with Crippen molar-refractivity contribution in [2.24, 2.45) is 11.8 Å². The molecule has 1 aliphatic carbocycles. The molecule has 0 aromatic heterocycles. The molecule has 0 unspecified atom stereocenters. The Balaban J connectivity index is 2.15. The van der Waals surface area contributed by atoms with Crippen LogP contribution in [0.5, 0.6) is 0 Å². The number of nitrogens with one attached hydrogen (secondary N) is 1. The Morgan fingerprint density at radius 1 is 1.45 bits per heavy atom. The van der Waals surface area contributed by atoms with Gasteiger partial charge in [-0.25, -0.2) is 4.39 Å². The number of carbonyl (C=O) groups excluding carboxylic acids is 2. The first-order valence-corrected chi connectivity index (χ1v) is 6.36. The molecule has 0 aliphatic heterocycles. The van der Waals surface area contributed by atoms with E-state index >= 15 is 0 Å². The Hall–Kier alpha value is -2.17. The summed E-state index contributed by atoms with van der Waals surface area (Å²) in [7, 11) is 1.27. The molecule has 0 radical (unpaired) electrons. The molecule has 0 amide bonds. The topological polar surface area (TPSA) is 55.4 Å². The van der Waals surface area contributed by atoms with Crippen LogP contribution in [0.1, 0.15) is 13.3 Å². The van der Waals surface area contributed by atoms with E-state index in [1.54, 1.807) is 12.1 Å². The highest BCUT2D eigenvalue weighted by Gasteiger charge is 2.35. The van der Waals surface area contributed by atoms with Crippen LogP contribution in [-0.2, 0) is 14.3 Å². The lowest BCUT2D eigenvalue weighted by atomic mass is 9.82. The summed E-state index contributed by atoms with van der Waals surface area (Å²) in [5.41, 5.74) is 1.25. The highest BCUT2D eigenvalue weighted by Crippen LogP contribution is 2.29. The molecular weight excluding hydrogens is 261 g/mol. The number of rotatable bonds is 3. The lowest BCUT2D eigenvalue weighted by molar-refractivity contribution is -0.150. The predicted octanol–water partition coefficient (Wildman–Crippen LogP) is 2.52. The van der Waals surface area contributed by atoms with Crippen molar-refractivity contribution in [3.8, 4) is 0 Å². The standard InChI is InChI=1S/C15H16FNO3/c1-9-6-12(8-13(18)14(9)15(19)20-2)17-11-5-3-4-10(16)7-11/h3-5,7-9,14,17H,6H2,1-2H3/t9-,14+/m1/s1. The van der Waals surface area contributed by atoms with Crippen LogP contribution in [0.25, 0.3) is 0 Å². The lowest BCUT2D eigenvalue weighted by Crippen LogP contribution is -2.34. The fourth-order valence-electron chi connectivity index (χ4n) is 2.38. The van der Waals surface area contributed by atoms with Crippen LogP contribution in [0.3, 0.4) is 0 Å². The number of allylic oxidation sites excluding steroid dienone is 2. The van der Waals surface area contributed by atoms with Crippen LogP contribution >= 0.6 is 0 Å². The van der Waals surface area contributed by atoms with Crippen molar-refractivity contribution in [2.45, 2.75) is 13.3 Å². The molecule has 0 spiro atoms. The Morgan fingerprint density at radius 3 is 2.80 bits per heavy atom. The van der Waals surface area contributed by atoms with E-state index in [1.165, 1.54) is 25.3 Å². The maximum atomic E-state index is 13.1. The van der Waals surface area contributed by atoms with E-state index in [0.29, 0.717) is 17.8 Å². The predicted molar refractivity (Wildman–Crippen MR) is 72.4 cm³/mol. The van der Waals surface area contributed by atoms with E-state index in [0.717, 1.165) is 0 Å². The number of ether oxygens (including phenoxy) is 1. The van der Waals surface area contributed by atoms with Crippen molar-refractivity contribution in [1.29, 1.82) is 0 Å². The molecule has 20 heavy (non-hydrogen) atoms. The average molecular weight is 277 g/mol. The van der Waals surface area contributed by atoms with Crippen LogP contribution in [0.2, 0.25) is 0 Å². The zero-order chi connectivity index (χ0) is 14.7. The molecule has 2 rings (SSSR count). The van der Waals surface area contributed by atoms with E-state index in [2.05, 4.69) is 10.1 Å². The van der Waals surface area contributed by atoms with Crippen molar-refractivity contribution in [3.05, 3.63) is 41.9 Å². The third-order valence-corrected chi connectivity index (χ3v) is 3.32. The summed E-state index contributed by atoms with van der Waals surface area (Å²) in [5, 5.41) is 3.01. The minimum absolute atomic E-state index is 0.156. The second kappa shape index (κ2) is 5.86. The summed E-state index contributed by atoms with van der Waals surface area (Å²) in [5.74, 6) is -2.05. The van der Waals surface area contributed by atoms with Gasteiger partial charge in [0.25, 0.3) is 0 Å². The maximum absolute atomic E-state index is 13.1. The van der Waals surface area contributed by atoms with E-state index in [1.807, 2.05) is 6.92 Å². The summed E-state index contributed by atoms with van der Waals surface area (Å²) in [6, 6.07) is 6.00. The van der Waals surface area contributed by atoms with Crippen molar-refractivity contribution in [1.82, 2.24) is 0 Å². The molecule has 5 heteroatoms. The summed E-state index contributed by atoms with van der Waals surface area (Å²) in [6.45, 7) is 1.82. The molecule has 1 aliphatic rings. The first-order valence-electron chi connectivity index (χ1n) is 6.36. The SMILES string of the molecule is COC(=O)[C@@H]1C(=O)C=C(Nc2cccc(F)c2)C[C@H]1C. The summed E-state index contributed by atoms with van der Waals surface area (Å²) in [4.78, 5) is 23.5. The van der Waals surface area contributed by atoms with Crippen LogP contribution in [0.4, 0.5) is 10.1 Å². The van der Waals surface area contributed by atoms with Gasteiger partial charge in [0.1, 0.15) is 11.7 Å². The minimum atomic E-state index is -0.752. The Kier molecular flexibility index (Phi) is 4.17. The lowest BCUT2D eigenvalue weighted by Gasteiger charge is -2.26. The first-order chi connectivity index (χ1) is 9.51. The highest BCUT2D eigenvalue weighted by atomic mass is 19.1. The van der Waals surface area contributed by atoms with E-state index < -0.39 is 11.9 Å². The molecule has 1 aromatic rings. The van der Waals surface area contributed by atoms with Gasteiger partial charge in [-0.3, -0.25) is 9.59 Å². The molecule has 0 fully saturated rings. The minimum Gasteiger partial charge on any atom is -0.468 e. The van der Waals surface area contributed by atoms with Gasteiger partial charge in [0.05, 0.1) is 7.11 Å². The number of methoxy groups -OCH3 is 1. The number of ketones is 1. The number of carbonyl (C=O) groups is 2. The fraction of sp³-hybridized carbons (Fsp3) is 0.333. The van der Waals surface area contributed by atoms with Crippen LogP contribution in [0.15, 0.2) is 36.0 Å². The van der Waals surface area contributed by atoms with Gasteiger partial charge in [0.15, 0.2) is 5.78 Å². The zero-order valence-electron chi connectivity index (χ0n) is 11.4. The number of esters is 1. The Labute approximate surface area is 116 Å². The average Bonchev–Trinajstić information content (AvgIpc) is 2.37. The molecule has 0 saturated heterocycles. The van der Waals surface area contributed by atoms with Gasteiger partial charge >= 0.3 is 5.97 Å². The third-order valence-electron chi connectivity index (χ3n) is 3.32. The van der Waals surface area contributed by atoms with Gasteiger partial charge in [-0.15, -0.1) is 0 Å². The molecule has 0 heterocycles. The first kappa shape index (κ1) is 14.2. The zero-order valence-corrected chi connectivity index (χ0v) is 11.4. The van der Waals surface area contributed by atoms with E-state index in [-0.39, 0.29) is 17.5 Å². The van der Waals surface area contributed by atoms with Gasteiger partial charge in [-0.05, 0) is 30.5 Å². The molecule has 2 atom stereocenters. The van der Waals surface area contributed by atoms with E-state index in [4.69, 9.17) is 0 Å². The third kappa shape index (κ3) is 3.04. The number of hydrogen-bond donors (Lipinski definition) is 1. The smallest absolute Gasteiger partial charge is 0.316 e. The molecule has 1 aromatic carbocycles. The highest BCUT2D eigenvalue weighted by molar-refractivity contribution is 6.06. The Bertz CT molecular complexity index is 568. The number of anilines is 1. The van der Waals surface area contributed by atoms with Gasteiger partial charge in [-0.2, -0.15) is 0 Å². The number of benzene rings is 1. The quantitative estimate of drug-likeness (QED) is 0.681. The van der Waals surface area contributed by atoms with Crippen molar-refractivity contribution >= 4 is 17.4 Å². The second-order valence-electron chi connectivity index (χ2n) is 4.89. The molecule has 106 valence electrons. The second-order valence-corrected chi connectivity index (χ2v) is 4.89. The summed E-state index contributed by atoms with van der Waals surface area (Å²) >= 11 is 0. The largest absolute Gasteiger partial charge is 0.468 e. The normalized spacial score (nSPS) is 22.1. The van der Waals surface area contributed by atoms with E-state index in [9.17, 15) is 14.0 Å². The molecule has 0 saturated carbocycles. The fourth-order valence-corrected chi connectivity index (χ4v) is 2.38. The number of hydrogen-bond acceptors (Lipinski definition) is 4. The van der Waals surface area contributed by atoms with Crippen LogP contribution in [-0.4, -0.2) is 18.9 Å². The van der Waals surface area contributed by atoms with Crippen LogP contribution in [0, 0.1) is 17.7 Å². The maximum Gasteiger partial charge on any atom is 0.316 e. The van der Waals surface area contributed by atoms with Crippen molar-refractivity contribution in [2.75, 3.05) is 12.4 Å². The van der Waals surface area contributed by atoms with Gasteiger partial charge in [0, 0.05) is 17.5 Å². The van der Waals surface area contributed by atoms with Crippen molar-refractivity contribution in [3.63, 3.8) is 0 Å². The molecular formula is C15H16FNO3. The monoisotopic (exact) mass is 277 g/mol. The van der Waals surface area contributed by atoms with Gasteiger partial charge in [-0.1, -0.05) is 13.0 Å². The van der Waals surface area contributed by atoms with Gasteiger partial charge in [0.2, 0.25) is 0 Å². The summed E-state index contributed by atoms with van der Waals surface area (Å²) in [6.07, 6.45) is 1.93. The molecule has 0 bridgehead atoms. The molecule has 4 nitrogen and oxygen atoms in total. The number of halogens is 1. The van der Waals surface area contributed by atoms with Crippen molar-refractivity contribution < 1.29 is 18.7 Å².